The Labute approximate surface area is 125 Å². The van der Waals surface area contributed by atoms with E-state index in [4.69, 9.17) is 24.8 Å². The number of benzene rings is 1. The Morgan fingerprint density at radius 3 is 2.33 bits per heavy atom. The minimum Gasteiger partial charge on any atom is -0.493 e. The average molecular weight is 296 g/mol. The van der Waals surface area contributed by atoms with Crippen molar-refractivity contribution in [2.75, 3.05) is 34.5 Å². The van der Waals surface area contributed by atoms with Gasteiger partial charge in [-0.2, -0.15) is 0 Å². The predicted octanol–water partition coefficient (Wildman–Crippen LogP) is 1.40. The van der Waals surface area contributed by atoms with Crippen molar-refractivity contribution in [3.8, 4) is 11.5 Å². The fourth-order valence-corrected chi connectivity index (χ4v) is 2.91. The standard InChI is InChI=1S/C15H24N2O4/c1-18-12-5-4-11(10-13(12)19-2)14(17-16)15(20-3)6-8-21-9-7-15/h4-5,10,14,17H,6-9,16H2,1-3H3. The zero-order valence-corrected chi connectivity index (χ0v) is 12.8. The number of methoxy groups -OCH3 is 3. The first-order chi connectivity index (χ1) is 10.2. The van der Waals surface area contributed by atoms with Gasteiger partial charge in [-0.05, 0) is 17.7 Å². The van der Waals surface area contributed by atoms with Crippen LogP contribution in [0.3, 0.4) is 0 Å². The Morgan fingerprint density at radius 1 is 1.14 bits per heavy atom. The van der Waals surface area contributed by atoms with E-state index in [-0.39, 0.29) is 11.6 Å². The fourth-order valence-electron chi connectivity index (χ4n) is 2.91. The topological polar surface area (TPSA) is 75.0 Å². The van der Waals surface area contributed by atoms with Crippen LogP contribution in [0.4, 0.5) is 0 Å². The van der Waals surface area contributed by atoms with Crippen LogP contribution < -0.4 is 20.7 Å². The SMILES string of the molecule is COc1ccc(C(NN)C2(OC)CCOCC2)cc1OC. The van der Waals surface area contributed by atoms with Crippen LogP contribution in [0.1, 0.15) is 24.4 Å². The minimum atomic E-state index is -0.382. The van der Waals surface area contributed by atoms with E-state index in [0.29, 0.717) is 24.7 Å². The Bertz CT molecular complexity index is 461. The van der Waals surface area contributed by atoms with E-state index in [1.807, 2.05) is 18.2 Å². The Balaban J connectivity index is 2.35. The molecule has 21 heavy (non-hydrogen) atoms. The maximum atomic E-state index is 5.82. The minimum absolute atomic E-state index is 0.147. The summed E-state index contributed by atoms with van der Waals surface area (Å²) in [5.74, 6) is 7.18. The molecule has 1 aromatic rings. The van der Waals surface area contributed by atoms with Crippen molar-refractivity contribution in [1.82, 2.24) is 5.43 Å². The van der Waals surface area contributed by atoms with Crippen LogP contribution in [-0.2, 0) is 9.47 Å². The van der Waals surface area contributed by atoms with E-state index in [2.05, 4.69) is 5.43 Å². The van der Waals surface area contributed by atoms with Crippen LogP contribution in [0, 0.1) is 0 Å². The number of hydrazine groups is 1. The molecule has 1 aliphatic rings. The maximum absolute atomic E-state index is 5.82. The van der Waals surface area contributed by atoms with Gasteiger partial charge in [-0.1, -0.05) is 6.07 Å². The van der Waals surface area contributed by atoms with E-state index in [1.54, 1.807) is 21.3 Å². The van der Waals surface area contributed by atoms with Gasteiger partial charge in [0, 0.05) is 33.2 Å². The highest BCUT2D eigenvalue weighted by atomic mass is 16.5. The molecule has 6 heteroatoms. The lowest BCUT2D eigenvalue weighted by Gasteiger charge is -2.42. The monoisotopic (exact) mass is 296 g/mol. The summed E-state index contributed by atoms with van der Waals surface area (Å²) in [6.45, 7) is 1.33. The molecular formula is C15H24N2O4. The smallest absolute Gasteiger partial charge is 0.161 e. The van der Waals surface area contributed by atoms with Gasteiger partial charge >= 0.3 is 0 Å². The van der Waals surface area contributed by atoms with Crippen LogP contribution >= 0.6 is 0 Å². The summed E-state index contributed by atoms with van der Waals surface area (Å²) in [6.07, 6.45) is 1.57. The highest BCUT2D eigenvalue weighted by Crippen LogP contribution is 2.39. The van der Waals surface area contributed by atoms with E-state index >= 15 is 0 Å². The maximum Gasteiger partial charge on any atom is 0.161 e. The fraction of sp³-hybridized carbons (Fsp3) is 0.600. The Hall–Kier alpha value is -1.34. The first-order valence-corrected chi connectivity index (χ1v) is 7.01. The number of nitrogens with one attached hydrogen (secondary N) is 1. The summed E-state index contributed by atoms with van der Waals surface area (Å²) >= 11 is 0. The van der Waals surface area contributed by atoms with E-state index in [9.17, 15) is 0 Å². The molecule has 0 aromatic heterocycles. The second-order valence-electron chi connectivity index (χ2n) is 5.10. The molecule has 1 atom stereocenters. The quantitative estimate of drug-likeness (QED) is 0.610. The van der Waals surface area contributed by atoms with Crippen molar-refractivity contribution in [3.05, 3.63) is 23.8 Å². The van der Waals surface area contributed by atoms with Crippen LogP contribution in [0.25, 0.3) is 0 Å². The lowest BCUT2D eigenvalue weighted by molar-refractivity contribution is -0.111. The molecule has 1 aliphatic heterocycles. The van der Waals surface area contributed by atoms with Gasteiger partial charge in [0.05, 0.1) is 25.9 Å². The summed E-state index contributed by atoms with van der Waals surface area (Å²) in [4.78, 5) is 0. The number of nitrogens with two attached hydrogens (primary N) is 1. The molecule has 2 rings (SSSR count). The van der Waals surface area contributed by atoms with Gasteiger partial charge in [0.25, 0.3) is 0 Å². The molecule has 1 unspecified atom stereocenters. The molecule has 0 radical (unpaired) electrons. The molecule has 1 saturated heterocycles. The molecule has 0 aliphatic carbocycles. The lowest BCUT2D eigenvalue weighted by Crippen LogP contribution is -2.51. The van der Waals surface area contributed by atoms with Gasteiger partial charge in [0.15, 0.2) is 11.5 Å². The Morgan fingerprint density at radius 2 is 1.81 bits per heavy atom. The number of hydrogen-bond acceptors (Lipinski definition) is 6. The first kappa shape index (κ1) is 16.0. The molecule has 0 saturated carbocycles. The van der Waals surface area contributed by atoms with Gasteiger partial charge in [0.2, 0.25) is 0 Å². The van der Waals surface area contributed by atoms with Crippen LogP contribution in [0.5, 0.6) is 11.5 Å². The zero-order valence-electron chi connectivity index (χ0n) is 12.8. The summed E-state index contributed by atoms with van der Waals surface area (Å²) in [6, 6.07) is 5.63. The van der Waals surface area contributed by atoms with Gasteiger partial charge < -0.3 is 18.9 Å². The van der Waals surface area contributed by atoms with Crippen molar-refractivity contribution in [2.45, 2.75) is 24.5 Å². The third-order valence-electron chi connectivity index (χ3n) is 4.18. The second kappa shape index (κ2) is 7.09. The van der Waals surface area contributed by atoms with Crippen LogP contribution in [-0.4, -0.2) is 40.1 Å². The average Bonchev–Trinajstić information content (AvgIpc) is 2.56. The van der Waals surface area contributed by atoms with Crippen molar-refractivity contribution in [1.29, 1.82) is 0 Å². The number of hydrogen-bond donors (Lipinski definition) is 2. The Kier molecular flexibility index (Phi) is 5.41. The molecule has 3 N–H and O–H groups in total. The first-order valence-electron chi connectivity index (χ1n) is 7.01. The highest BCUT2D eigenvalue weighted by molar-refractivity contribution is 5.44. The molecular weight excluding hydrogens is 272 g/mol. The molecule has 0 bridgehead atoms. The van der Waals surface area contributed by atoms with E-state index in [1.165, 1.54) is 0 Å². The van der Waals surface area contributed by atoms with E-state index < -0.39 is 0 Å². The molecule has 1 aromatic carbocycles. The third kappa shape index (κ3) is 3.13. The molecule has 0 amide bonds. The van der Waals surface area contributed by atoms with Crippen molar-refractivity contribution in [2.24, 2.45) is 5.84 Å². The summed E-state index contributed by atoms with van der Waals surface area (Å²) in [5.41, 5.74) is 3.51. The third-order valence-corrected chi connectivity index (χ3v) is 4.18. The van der Waals surface area contributed by atoms with E-state index in [0.717, 1.165) is 18.4 Å². The molecule has 118 valence electrons. The van der Waals surface area contributed by atoms with Crippen LogP contribution in [0.15, 0.2) is 18.2 Å². The summed E-state index contributed by atoms with van der Waals surface area (Å²) < 4.78 is 21.9. The second-order valence-corrected chi connectivity index (χ2v) is 5.10. The van der Waals surface area contributed by atoms with Crippen molar-refractivity contribution < 1.29 is 18.9 Å². The van der Waals surface area contributed by atoms with Crippen molar-refractivity contribution in [3.63, 3.8) is 0 Å². The van der Waals surface area contributed by atoms with Gasteiger partial charge in [-0.25, -0.2) is 0 Å². The molecule has 0 spiro atoms. The summed E-state index contributed by atoms with van der Waals surface area (Å²) in [7, 11) is 4.95. The van der Waals surface area contributed by atoms with Gasteiger partial charge in [-0.15, -0.1) is 0 Å². The predicted molar refractivity (Wildman–Crippen MR) is 79.4 cm³/mol. The molecule has 1 fully saturated rings. The van der Waals surface area contributed by atoms with Crippen molar-refractivity contribution >= 4 is 0 Å². The number of rotatable bonds is 6. The van der Waals surface area contributed by atoms with Gasteiger partial charge in [0.1, 0.15) is 0 Å². The zero-order chi connectivity index (χ0) is 15.3. The lowest BCUT2D eigenvalue weighted by atomic mass is 9.82. The van der Waals surface area contributed by atoms with Gasteiger partial charge in [-0.3, -0.25) is 11.3 Å². The normalized spacial score (nSPS) is 19.0. The number of ether oxygens (including phenoxy) is 4. The molecule has 1 heterocycles. The van der Waals surface area contributed by atoms with Crippen LogP contribution in [0.2, 0.25) is 0 Å². The largest absolute Gasteiger partial charge is 0.493 e. The molecule has 6 nitrogen and oxygen atoms in total. The summed E-state index contributed by atoms with van der Waals surface area (Å²) in [5, 5.41) is 0. The highest BCUT2D eigenvalue weighted by Gasteiger charge is 2.41.